The van der Waals surface area contributed by atoms with Gasteiger partial charge in [0, 0.05) is 12.3 Å². The maximum absolute atomic E-state index is 9.44. The van der Waals surface area contributed by atoms with E-state index in [4.69, 9.17) is 5.73 Å². The number of fused-ring (bicyclic) bond motifs is 1. The lowest BCUT2D eigenvalue weighted by molar-refractivity contribution is 0.286. The number of nitrogens with two attached hydrogens (primary N) is 1. The number of aromatic nitrogens is 2. The Labute approximate surface area is 100 Å². The molecule has 0 radical (unpaired) electrons. The summed E-state index contributed by atoms with van der Waals surface area (Å²) in [4.78, 5) is 4.46. The van der Waals surface area contributed by atoms with Gasteiger partial charge in [-0.1, -0.05) is 19.3 Å². The second-order valence-corrected chi connectivity index (χ2v) is 4.98. The lowest BCUT2D eigenvalue weighted by Gasteiger charge is -2.32. The molecule has 0 atom stereocenters. The predicted molar refractivity (Wildman–Crippen MR) is 65.8 cm³/mol. The van der Waals surface area contributed by atoms with E-state index in [1.807, 2.05) is 10.6 Å². The van der Waals surface area contributed by atoms with Crippen LogP contribution < -0.4 is 5.73 Å². The maximum atomic E-state index is 9.44. The molecule has 0 saturated heterocycles. The average molecular weight is 231 g/mol. The highest BCUT2D eigenvalue weighted by molar-refractivity contribution is 5.50. The van der Waals surface area contributed by atoms with Crippen molar-refractivity contribution in [3.63, 3.8) is 0 Å². The molecule has 1 aliphatic rings. The van der Waals surface area contributed by atoms with Gasteiger partial charge in [0.2, 0.25) is 0 Å². The van der Waals surface area contributed by atoms with Gasteiger partial charge in [-0.3, -0.25) is 0 Å². The fourth-order valence-corrected chi connectivity index (χ4v) is 2.76. The summed E-state index contributed by atoms with van der Waals surface area (Å²) < 4.78 is 1.99. The van der Waals surface area contributed by atoms with E-state index < -0.39 is 0 Å². The minimum atomic E-state index is -0.304. The molecule has 1 saturated carbocycles. The fraction of sp³-hybridized carbons (Fsp3) is 0.462. The van der Waals surface area contributed by atoms with Gasteiger partial charge >= 0.3 is 0 Å². The fourth-order valence-electron chi connectivity index (χ4n) is 2.76. The van der Waals surface area contributed by atoms with Crippen LogP contribution in [-0.4, -0.2) is 14.5 Å². The number of imidazole rings is 1. The predicted octanol–water partition coefficient (Wildman–Crippen LogP) is 2.16. The van der Waals surface area contributed by atoms with Crippen LogP contribution in [0.15, 0.2) is 24.5 Å². The van der Waals surface area contributed by atoms with Gasteiger partial charge in [-0.25, -0.2) is 4.98 Å². The van der Waals surface area contributed by atoms with E-state index in [1.54, 1.807) is 18.3 Å². The zero-order valence-corrected chi connectivity index (χ0v) is 9.76. The summed E-state index contributed by atoms with van der Waals surface area (Å²) >= 11 is 0. The highest BCUT2D eigenvalue weighted by atomic mass is 16.3. The second kappa shape index (κ2) is 3.74. The van der Waals surface area contributed by atoms with E-state index in [-0.39, 0.29) is 11.3 Å². The molecule has 3 N–H and O–H groups in total. The smallest absolute Gasteiger partial charge is 0.133 e. The molecule has 2 aromatic rings. The largest absolute Gasteiger partial charge is 0.508 e. The molecule has 0 amide bonds. The first-order chi connectivity index (χ1) is 8.19. The van der Waals surface area contributed by atoms with Crippen molar-refractivity contribution in [2.24, 2.45) is 5.73 Å². The lowest BCUT2D eigenvalue weighted by Crippen LogP contribution is -2.40. The monoisotopic (exact) mass is 231 g/mol. The van der Waals surface area contributed by atoms with E-state index in [0.29, 0.717) is 0 Å². The summed E-state index contributed by atoms with van der Waals surface area (Å²) in [5.74, 6) is 1.19. The van der Waals surface area contributed by atoms with Crippen molar-refractivity contribution in [2.45, 2.75) is 37.6 Å². The molecule has 0 bridgehead atoms. The molecule has 1 aliphatic carbocycles. The van der Waals surface area contributed by atoms with E-state index in [0.717, 1.165) is 24.2 Å². The molecular weight excluding hydrogens is 214 g/mol. The van der Waals surface area contributed by atoms with Gasteiger partial charge in [0.25, 0.3) is 0 Å². The van der Waals surface area contributed by atoms with Crippen molar-refractivity contribution in [3.05, 3.63) is 30.4 Å². The Balaban J connectivity index is 2.10. The molecule has 2 aromatic heterocycles. The molecule has 17 heavy (non-hydrogen) atoms. The zero-order valence-electron chi connectivity index (χ0n) is 9.76. The van der Waals surface area contributed by atoms with Gasteiger partial charge in [-0.15, -0.1) is 0 Å². The summed E-state index contributed by atoms with van der Waals surface area (Å²) in [7, 11) is 0. The topological polar surface area (TPSA) is 63.5 Å². The molecule has 1 fully saturated rings. The van der Waals surface area contributed by atoms with Gasteiger partial charge < -0.3 is 15.2 Å². The van der Waals surface area contributed by atoms with Gasteiger partial charge in [-0.05, 0) is 18.9 Å². The Hall–Kier alpha value is -1.55. The molecule has 0 unspecified atom stereocenters. The summed E-state index contributed by atoms with van der Waals surface area (Å²) in [6.45, 7) is 0. The van der Waals surface area contributed by atoms with Gasteiger partial charge in [0.05, 0.1) is 17.3 Å². The molecule has 90 valence electrons. The van der Waals surface area contributed by atoms with Crippen molar-refractivity contribution in [1.82, 2.24) is 9.38 Å². The summed E-state index contributed by atoms with van der Waals surface area (Å²) in [6, 6.07) is 3.38. The first-order valence-electron chi connectivity index (χ1n) is 6.14. The number of hydrogen-bond donors (Lipinski definition) is 2. The number of nitrogens with zero attached hydrogens (tertiary/aromatic N) is 2. The highest BCUT2D eigenvalue weighted by Gasteiger charge is 2.33. The molecule has 4 heteroatoms. The van der Waals surface area contributed by atoms with Crippen LogP contribution in [0, 0.1) is 0 Å². The molecule has 4 nitrogen and oxygen atoms in total. The van der Waals surface area contributed by atoms with Gasteiger partial charge in [-0.2, -0.15) is 0 Å². The summed E-state index contributed by atoms with van der Waals surface area (Å²) in [5.41, 5.74) is 7.08. The van der Waals surface area contributed by atoms with Crippen LogP contribution >= 0.6 is 0 Å². The van der Waals surface area contributed by atoms with E-state index in [9.17, 15) is 5.11 Å². The van der Waals surface area contributed by atoms with Gasteiger partial charge in [0.1, 0.15) is 11.6 Å². The number of hydrogen-bond acceptors (Lipinski definition) is 3. The second-order valence-electron chi connectivity index (χ2n) is 4.98. The Bertz CT molecular complexity index is 541. The standard InChI is InChI=1S/C13H17N3O/c14-13(5-2-1-3-6-13)12-15-9-10-8-11(17)4-7-16(10)12/h4,7-9,17H,1-3,5-6,14H2. The van der Waals surface area contributed by atoms with Crippen LogP contribution in [0.2, 0.25) is 0 Å². The van der Waals surface area contributed by atoms with E-state index in [2.05, 4.69) is 4.98 Å². The molecule has 0 spiro atoms. The van der Waals surface area contributed by atoms with Crippen molar-refractivity contribution < 1.29 is 5.11 Å². The highest BCUT2D eigenvalue weighted by Crippen LogP contribution is 2.34. The third-order valence-corrected chi connectivity index (χ3v) is 3.71. The molecule has 3 rings (SSSR count). The first-order valence-corrected chi connectivity index (χ1v) is 6.14. The van der Waals surface area contributed by atoms with Crippen molar-refractivity contribution in [2.75, 3.05) is 0 Å². The average Bonchev–Trinajstić information content (AvgIpc) is 2.73. The lowest BCUT2D eigenvalue weighted by atomic mass is 9.82. The normalized spacial score (nSPS) is 19.6. The van der Waals surface area contributed by atoms with Crippen molar-refractivity contribution >= 4 is 5.52 Å². The van der Waals surface area contributed by atoms with Crippen LogP contribution in [-0.2, 0) is 5.54 Å². The van der Waals surface area contributed by atoms with Crippen LogP contribution in [0.5, 0.6) is 5.75 Å². The number of rotatable bonds is 1. The third-order valence-electron chi connectivity index (χ3n) is 3.71. The van der Waals surface area contributed by atoms with Gasteiger partial charge in [0.15, 0.2) is 0 Å². The summed E-state index contributed by atoms with van der Waals surface area (Å²) in [5, 5.41) is 9.44. The minimum Gasteiger partial charge on any atom is -0.508 e. The van der Waals surface area contributed by atoms with Crippen molar-refractivity contribution in [1.29, 1.82) is 0 Å². The quantitative estimate of drug-likeness (QED) is 0.790. The van der Waals surface area contributed by atoms with Crippen LogP contribution in [0.1, 0.15) is 37.9 Å². The Kier molecular flexibility index (Phi) is 2.33. The molecule has 2 heterocycles. The molecule has 0 aliphatic heterocycles. The van der Waals surface area contributed by atoms with E-state index >= 15 is 0 Å². The van der Waals surface area contributed by atoms with E-state index in [1.165, 1.54) is 19.3 Å². The maximum Gasteiger partial charge on any atom is 0.133 e. The first kappa shape index (κ1) is 10.6. The summed E-state index contributed by atoms with van der Waals surface area (Å²) in [6.07, 6.45) is 9.21. The zero-order chi connectivity index (χ0) is 11.9. The minimum absolute atomic E-state index is 0.263. The third kappa shape index (κ3) is 1.69. The number of aromatic hydroxyl groups is 1. The Morgan fingerprint density at radius 1 is 1.29 bits per heavy atom. The molecule has 0 aromatic carbocycles. The molecular formula is C13H17N3O. The van der Waals surface area contributed by atoms with Crippen LogP contribution in [0.25, 0.3) is 5.52 Å². The Morgan fingerprint density at radius 3 is 2.82 bits per heavy atom. The van der Waals surface area contributed by atoms with Crippen LogP contribution in [0.3, 0.4) is 0 Å². The number of pyridine rings is 1. The van der Waals surface area contributed by atoms with Crippen molar-refractivity contribution in [3.8, 4) is 5.75 Å². The SMILES string of the molecule is NC1(c2ncc3cc(O)ccn23)CCCCC1. The van der Waals surface area contributed by atoms with Crippen LogP contribution in [0.4, 0.5) is 0 Å². The Morgan fingerprint density at radius 2 is 2.06 bits per heavy atom.